The lowest BCUT2D eigenvalue weighted by molar-refractivity contribution is -0.137. The number of nitrogens with zero attached hydrogens (tertiary/aromatic N) is 1. The summed E-state index contributed by atoms with van der Waals surface area (Å²) in [5, 5.41) is 0.830. The van der Waals surface area contributed by atoms with E-state index in [1.807, 2.05) is 0 Å². The van der Waals surface area contributed by atoms with Crippen molar-refractivity contribution in [1.29, 1.82) is 0 Å². The molecule has 1 heterocycles. The highest BCUT2D eigenvalue weighted by Crippen LogP contribution is 2.32. The molecule has 66 valence electrons. The highest BCUT2D eigenvalue weighted by Gasteiger charge is 2.36. The third-order valence-electron chi connectivity index (χ3n) is 1.21. The summed E-state index contributed by atoms with van der Waals surface area (Å²) in [5.41, 5.74) is -1.44. The average molecular weight is 195 g/mol. The first kappa shape index (κ1) is 9.18. The van der Waals surface area contributed by atoms with Crippen LogP contribution in [-0.2, 0) is 6.18 Å². The minimum atomic E-state index is -4.48. The van der Waals surface area contributed by atoms with Gasteiger partial charge in [-0.1, -0.05) is 0 Å². The Morgan fingerprint density at radius 3 is 2.50 bits per heavy atom. The van der Waals surface area contributed by atoms with Crippen LogP contribution in [0.3, 0.4) is 0 Å². The van der Waals surface area contributed by atoms with Crippen LogP contribution in [0.4, 0.5) is 13.2 Å². The van der Waals surface area contributed by atoms with Gasteiger partial charge in [0.1, 0.15) is 5.69 Å². The van der Waals surface area contributed by atoms with E-state index < -0.39 is 23.2 Å². The zero-order valence-corrected chi connectivity index (χ0v) is 6.79. The minimum absolute atomic E-state index is 0.493. The Kier molecular flexibility index (Phi) is 2.18. The Bertz CT molecular complexity index is 304. The number of carbonyl (C=O) groups excluding carboxylic acids is 1. The SMILES string of the molecule is CC(=O)c1nscc1C(F)(F)F. The minimum Gasteiger partial charge on any atom is -0.293 e. The van der Waals surface area contributed by atoms with Crippen LogP contribution in [0.1, 0.15) is 23.0 Å². The van der Waals surface area contributed by atoms with E-state index in [-0.39, 0.29) is 0 Å². The van der Waals surface area contributed by atoms with Gasteiger partial charge in [0.25, 0.3) is 0 Å². The molecular weight excluding hydrogens is 191 g/mol. The summed E-state index contributed by atoms with van der Waals surface area (Å²) in [5.74, 6) is -0.663. The van der Waals surface area contributed by atoms with Crippen LogP contribution in [-0.4, -0.2) is 10.2 Å². The Labute approximate surface area is 70.2 Å². The molecule has 2 nitrogen and oxygen atoms in total. The van der Waals surface area contributed by atoms with Crippen molar-refractivity contribution < 1.29 is 18.0 Å². The van der Waals surface area contributed by atoms with Gasteiger partial charge in [0.05, 0.1) is 5.56 Å². The van der Waals surface area contributed by atoms with Gasteiger partial charge in [0, 0.05) is 12.3 Å². The highest BCUT2D eigenvalue weighted by molar-refractivity contribution is 7.03. The van der Waals surface area contributed by atoms with Crippen molar-refractivity contribution in [3.05, 3.63) is 16.6 Å². The number of carbonyl (C=O) groups is 1. The van der Waals surface area contributed by atoms with E-state index in [9.17, 15) is 18.0 Å². The number of aromatic nitrogens is 1. The number of rotatable bonds is 1. The molecule has 0 radical (unpaired) electrons. The lowest BCUT2D eigenvalue weighted by Gasteiger charge is -2.03. The molecular formula is C6H4F3NOS. The fourth-order valence-electron chi connectivity index (χ4n) is 0.692. The molecule has 0 N–H and O–H groups in total. The summed E-state index contributed by atoms with van der Waals surface area (Å²) in [7, 11) is 0. The van der Waals surface area contributed by atoms with Crippen LogP contribution in [0.2, 0.25) is 0 Å². The molecule has 0 aromatic carbocycles. The molecule has 0 fully saturated rings. The maximum Gasteiger partial charge on any atom is 0.419 e. The molecule has 0 aliphatic heterocycles. The second kappa shape index (κ2) is 2.85. The summed E-state index contributed by atoms with van der Waals surface area (Å²) >= 11 is 0.631. The summed E-state index contributed by atoms with van der Waals surface area (Å²) in [6.45, 7) is 1.06. The van der Waals surface area contributed by atoms with Crippen LogP contribution >= 0.6 is 11.5 Å². The molecule has 0 amide bonds. The first-order chi connectivity index (χ1) is 5.43. The van der Waals surface area contributed by atoms with Crippen molar-refractivity contribution >= 4 is 17.3 Å². The van der Waals surface area contributed by atoms with Crippen LogP contribution in [0.15, 0.2) is 5.38 Å². The van der Waals surface area contributed by atoms with E-state index >= 15 is 0 Å². The fourth-order valence-corrected chi connectivity index (χ4v) is 1.43. The second-order valence-corrected chi connectivity index (χ2v) is 2.76. The fraction of sp³-hybridized carbons (Fsp3) is 0.333. The normalized spacial score (nSPS) is 11.7. The van der Waals surface area contributed by atoms with E-state index in [0.29, 0.717) is 11.5 Å². The van der Waals surface area contributed by atoms with Gasteiger partial charge in [-0.25, -0.2) is 0 Å². The monoisotopic (exact) mass is 195 g/mol. The Morgan fingerprint density at radius 1 is 1.58 bits per heavy atom. The molecule has 1 aromatic heterocycles. The van der Waals surface area contributed by atoms with Gasteiger partial charge < -0.3 is 0 Å². The summed E-state index contributed by atoms with van der Waals surface area (Å²) in [6, 6.07) is 0. The standard InChI is InChI=1S/C6H4F3NOS/c1-3(11)5-4(2-12-10-5)6(7,8)9/h2H,1H3. The molecule has 0 aliphatic rings. The maximum atomic E-state index is 12.1. The predicted octanol–water partition coefficient (Wildman–Crippen LogP) is 2.36. The molecule has 0 saturated heterocycles. The van der Waals surface area contributed by atoms with Gasteiger partial charge in [-0.05, 0) is 11.5 Å². The third kappa shape index (κ3) is 1.63. The molecule has 6 heteroatoms. The third-order valence-corrected chi connectivity index (χ3v) is 1.84. The van der Waals surface area contributed by atoms with Crippen molar-refractivity contribution in [2.24, 2.45) is 0 Å². The van der Waals surface area contributed by atoms with E-state index in [0.717, 1.165) is 12.3 Å². The van der Waals surface area contributed by atoms with Crippen molar-refractivity contribution in [3.63, 3.8) is 0 Å². The van der Waals surface area contributed by atoms with Crippen molar-refractivity contribution in [1.82, 2.24) is 4.37 Å². The van der Waals surface area contributed by atoms with Crippen molar-refractivity contribution in [2.75, 3.05) is 0 Å². The van der Waals surface area contributed by atoms with Gasteiger partial charge >= 0.3 is 6.18 Å². The van der Waals surface area contributed by atoms with Crippen molar-refractivity contribution in [3.8, 4) is 0 Å². The Hall–Kier alpha value is -0.910. The van der Waals surface area contributed by atoms with Crippen LogP contribution in [0.5, 0.6) is 0 Å². The zero-order chi connectivity index (χ0) is 9.35. The zero-order valence-electron chi connectivity index (χ0n) is 5.97. The molecule has 12 heavy (non-hydrogen) atoms. The largest absolute Gasteiger partial charge is 0.419 e. The van der Waals surface area contributed by atoms with Gasteiger partial charge in [0.2, 0.25) is 0 Å². The van der Waals surface area contributed by atoms with Crippen LogP contribution in [0.25, 0.3) is 0 Å². The van der Waals surface area contributed by atoms with E-state index in [1.165, 1.54) is 0 Å². The highest BCUT2D eigenvalue weighted by atomic mass is 32.1. The summed E-state index contributed by atoms with van der Waals surface area (Å²) in [4.78, 5) is 10.6. The molecule has 1 aromatic rings. The Balaban J connectivity index is 3.17. The molecule has 0 unspecified atom stereocenters. The predicted molar refractivity (Wildman–Crippen MR) is 37.1 cm³/mol. The number of halogens is 3. The average Bonchev–Trinajstić information content (AvgIpc) is 2.30. The molecule has 1 rings (SSSR count). The lowest BCUT2D eigenvalue weighted by Crippen LogP contribution is -2.09. The first-order valence-corrected chi connectivity index (χ1v) is 3.79. The second-order valence-electron chi connectivity index (χ2n) is 2.13. The number of hydrogen-bond acceptors (Lipinski definition) is 3. The molecule has 0 saturated carbocycles. The Morgan fingerprint density at radius 2 is 2.17 bits per heavy atom. The number of ketones is 1. The molecule has 0 spiro atoms. The van der Waals surface area contributed by atoms with Crippen LogP contribution < -0.4 is 0 Å². The van der Waals surface area contributed by atoms with E-state index in [1.54, 1.807) is 0 Å². The van der Waals surface area contributed by atoms with Gasteiger partial charge in [0.15, 0.2) is 5.78 Å². The van der Waals surface area contributed by atoms with E-state index in [4.69, 9.17) is 0 Å². The smallest absolute Gasteiger partial charge is 0.293 e. The van der Waals surface area contributed by atoms with Gasteiger partial charge in [-0.3, -0.25) is 4.79 Å². The van der Waals surface area contributed by atoms with Crippen molar-refractivity contribution in [2.45, 2.75) is 13.1 Å². The number of Topliss-reactive ketones (excluding diaryl/α,β-unsaturated/α-hetero) is 1. The van der Waals surface area contributed by atoms with Crippen LogP contribution in [0, 0.1) is 0 Å². The number of alkyl halides is 3. The molecule has 0 aliphatic carbocycles. The topological polar surface area (TPSA) is 30.0 Å². The summed E-state index contributed by atoms with van der Waals surface area (Å²) in [6.07, 6.45) is -4.48. The summed E-state index contributed by atoms with van der Waals surface area (Å²) < 4.78 is 39.5. The number of hydrogen-bond donors (Lipinski definition) is 0. The molecule has 0 atom stereocenters. The quantitative estimate of drug-likeness (QED) is 0.644. The maximum absolute atomic E-state index is 12.1. The molecule has 0 bridgehead atoms. The van der Waals surface area contributed by atoms with Gasteiger partial charge in [-0.15, -0.1) is 0 Å². The lowest BCUT2D eigenvalue weighted by atomic mass is 10.2. The van der Waals surface area contributed by atoms with E-state index in [2.05, 4.69) is 4.37 Å². The first-order valence-electron chi connectivity index (χ1n) is 2.95. The van der Waals surface area contributed by atoms with Gasteiger partial charge in [-0.2, -0.15) is 17.5 Å².